The topological polar surface area (TPSA) is 63.6 Å². The first kappa shape index (κ1) is 20.9. The average Bonchev–Trinajstić information content (AvgIpc) is 2.62. The van der Waals surface area contributed by atoms with Gasteiger partial charge in [-0.25, -0.2) is 9.59 Å². The molecule has 0 atom stereocenters. The first-order valence-corrected chi connectivity index (χ1v) is 9.31. The van der Waals surface area contributed by atoms with Gasteiger partial charge in [-0.1, -0.05) is 63.3 Å². The Morgan fingerprint density at radius 1 is 0.920 bits per heavy atom. The lowest BCUT2D eigenvalue weighted by Crippen LogP contribution is -2.12. The van der Waals surface area contributed by atoms with Gasteiger partial charge in [0, 0.05) is 0 Å². The third kappa shape index (κ3) is 9.08. The number of carboxylic acid groups (broad SMARTS) is 1. The summed E-state index contributed by atoms with van der Waals surface area (Å²) in [6, 6.07) is 6.14. The molecule has 1 N–H and O–H groups in total. The van der Waals surface area contributed by atoms with E-state index >= 15 is 0 Å². The molecule has 0 unspecified atom stereocenters. The number of hydrogen-bond donors (Lipinski definition) is 1. The Kier molecular flexibility index (Phi) is 11.1. The van der Waals surface area contributed by atoms with Crippen molar-refractivity contribution < 1.29 is 19.4 Å². The van der Waals surface area contributed by atoms with Crippen molar-refractivity contribution in [2.24, 2.45) is 0 Å². The van der Waals surface area contributed by atoms with Gasteiger partial charge in [0.15, 0.2) is 0 Å². The lowest BCUT2D eigenvalue weighted by Gasteiger charge is -2.07. The predicted molar refractivity (Wildman–Crippen MR) is 100 cm³/mol. The van der Waals surface area contributed by atoms with Crippen LogP contribution in [0.15, 0.2) is 36.4 Å². The Morgan fingerprint density at radius 3 is 2.16 bits per heavy atom. The minimum Gasteiger partial charge on any atom is -0.478 e. The van der Waals surface area contributed by atoms with Crippen LogP contribution in [0.1, 0.15) is 85.4 Å². The SMILES string of the molecule is CC/C=C/CCCCCCCCCOC(=O)c1ccccc1C(=O)O. The molecule has 0 aliphatic heterocycles. The van der Waals surface area contributed by atoms with Crippen LogP contribution in [-0.4, -0.2) is 23.7 Å². The minimum atomic E-state index is -1.11. The maximum absolute atomic E-state index is 12.0. The van der Waals surface area contributed by atoms with Crippen molar-refractivity contribution in [3.8, 4) is 0 Å². The van der Waals surface area contributed by atoms with Crippen LogP contribution in [0.4, 0.5) is 0 Å². The normalized spacial score (nSPS) is 10.9. The van der Waals surface area contributed by atoms with E-state index in [-0.39, 0.29) is 11.1 Å². The number of rotatable bonds is 13. The molecule has 0 amide bonds. The molecule has 0 radical (unpaired) electrons. The summed E-state index contributed by atoms with van der Waals surface area (Å²) >= 11 is 0. The van der Waals surface area contributed by atoms with E-state index in [1.807, 2.05) is 0 Å². The first-order chi connectivity index (χ1) is 12.2. The molecule has 1 aromatic rings. The summed E-state index contributed by atoms with van der Waals surface area (Å²) in [5.41, 5.74) is 0.105. The van der Waals surface area contributed by atoms with Gasteiger partial charge in [-0.05, 0) is 37.8 Å². The molecule has 4 heteroatoms. The van der Waals surface area contributed by atoms with Crippen LogP contribution in [0, 0.1) is 0 Å². The summed E-state index contributed by atoms with van der Waals surface area (Å²) in [4.78, 5) is 23.1. The summed E-state index contributed by atoms with van der Waals surface area (Å²) in [6.07, 6.45) is 14.8. The number of aromatic carboxylic acids is 1. The van der Waals surface area contributed by atoms with Gasteiger partial charge >= 0.3 is 11.9 Å². The van der Waals surface area contributed by atoms with Crippen LogP contribution in [-0.2, 0) is 4.74 Å². The van der Waals surface area contributed by atoms with Crippen molar-refractivity contribution in [1.29, 1.82) is 0 Å². The lowest BCUT2D eigenvalue weighted by atomic mass is 10.1. The van der Waals surface area contributed by atoms with Gasteiger partial charge in [-0.15, -0.1) is 0 Å². The highest BCUT2D eigenvalue weighted by Crippen LogP contribution is 2.12. The number of hydrogen-bond acceptors (Lipinski definition) is 3. The van der Waals surface area contributed by atoms with Crippen molar-refractivity contribution in [3.63, 3.8) is 0 Å². The van der Waals surface area contributed by atoms with Crippen LogP contribution in [0.2, 0.25) is 0 Å². The second kappa shape index (κ2) is 13.2. The third-order valence-electron chi connectivity index (χ3n) is 4.03. The van der Waals surface area contributed by atoms with E-state index in [2.05, 4.69) is 19.1 Å². The molecule has 0 saturated carbocycles. The smallest absolute Gasteiger partial charge is 0.339 e. The van der Waals surface area contributed by atoms with Crippen molar-refractivity contribution in [2.45, 2.75) is 64.7 Å². The number of unbranched alkanes of at least 4 members (excludes halogenated alkanes) is 7. The summed E-state index contributed by atoms with van der Waals surface area (Å²) < 4.78 is 5.19. The van der Waals surface area contributed by atoms with Gasteiger partial charge in [0.05, 0.1) is 17.7 Å². The van der Waals surface area contributed by atoms with Crippen molar-refractivity contribution in [2.75, 3.05) is 6.61 Å². The Morgan fingerprint density at radius 2 is 1.52 bits per heavy atom. The van der Waals surface area contributed by atoms with Crippen LogP contribution in [0.5, 0.6) is 0 Å². The van der Waals surface area contributed by atoms with E-state index in [0.717, 1.165) is 25.7 Å². The van der Waals surface area contributed by atoms with Crippen molar-refractivity contribution in [3.05, 3.63) is 47.5 Å². The third-order valence-corrected chi connectivity index (χ3v) is 4.03. The number of carbonyl (C=O) groups is 2. The Bertz CT molecular complexity index is 549. The fourth-order valence-electron chi connectivity index (χ4n) is 2.62. The summed E-state index contributed by atoms with van der Waals surface area (Å²) in [5.74, 6) is -1.67. The number of carbonyl (C=O) groups excluding carboxylic acids is 1. The second-order valence-electron chi connectivity index (χ2n) is 6.13. The highest BCUT2D eigenvalue weighted by atomic mass is 16.5. The molecule has 0 saturated heterocycles. The maximum atomic E-state index is 12.0. The Labute approximate surface area is 150 Å². The van der Waals surface area contributed by atoms with Gasteiger partial charge in [-0.2, -0.15) is 0 Å². The van der Waals surface area contributed by atoms with E-state index in [1.54, 1.807) is 12.1 Å². The van der Waals surface area contributed by atoms with Crippen LogP contribution >= 0.6 is 0 Å². The van der Waals surface area contributed by atoms with Gasteiger partial charge < -0.3 is 9.84 Å². The molecule has 1 rings (SSSR count). The Balaban J connectivity index is 2.07. The largest absolute Gasteiger partial charge is 0.478 e. The van der Waals surface area contributed by atoms with Crippen LogP contribution in [0.3, 0.4) is 0 Å². The number of ether oxygens (including phenoxy) is 1. The van der Waals surface area contributed by atoms with E-state index in [0.29, 0.717) is 6.61 Å². The summed E-state index contributed by atoms with van der Waals surface area (Å²) in [6.45, 7) is 2.49. The van der Waals surface area contributed by atoms with E-state index in [4.69, 9.17) is 9.84 Å². The van der Waals surface area contributed by atoms with Crippen molar-refractivity contribution >= 4 is 11.9 Å². The molecule has 25 heavy (non-hydrogen) atoms. The standard InChI is InChI=1S/C21H30O4/c1-2-3-4-5-6-7-8-9-10-11-14-17-25-21(24)19-16-13-12-15-18(19)20(22)23/h3-4,12-13,15-16H,2,5-11,14,17H2,1H3,(H,22,23)/b4-3+. The molecule has 0 aromatic heterocycles. The van der Waals surface area contributed by atoms with Gasteiger partial charge in [0.2, 0.25) is 0 Å². The molecule has 0 spiro atoms. The highest BCUT2D eigenvalue weighted by molar-refractivity contribution is 6.02. The fraction of sp³-hybridized carbons (Fsp3) is 0.524. The maximum Gasteiger partial charge on any atom is 0.339 e. The van der Waals surface area contributed by atoms with E-state index in [9.17, 15) is 9.59 Å². The van der Waals surface area contributed by atoms with Gasteiger partial charge in [0.1, 0.15) is 0 Å². The van der Waals surface area contributed by atoms with Crippen LogP contribution in [0.25, 0.3) is 0 Å². The molecule has 138 valence electrons. The fourth-order valence-corrected chi connectivity index (χ4v) is 2.62. The average molecular weight is 346 g/mol. The molecule has 0 aliphatic rings. The Hall–Kier alpha value is -2.10. The highest BCUT2D eigenvalue weighted by Gasteiger charge is 2.16. The zero-order valence-corrected chi connectivity index (χ0v) is 15.2. The first-order valence-electron chi connectivity index (χ1n) is 9.31. The number of esters is 1. The number of carboxylic acids is 1. The van der Waals surface area contributed by atoms with Gasteiger partial charge in [-0.3, -0.25) is 0 Å². The van der Waals surface area contributed by atoms with E-state index < -0.39 is 11.9 Å². The molecule has 0 aliphatic carbocycles. The summed E-state index contributed by atoms with van der Waals surface area (Å²) in [5, 5.41) is 9.08. The van der Waals surface area contributed by atoms with Crippen LogP contribution < -0.4 is 0 Å². The summed E-state index contributed by atoms with van der Waals surface area (Å²) in [7, 11) is 0. The molecule has 0 bridgehead atoms. The molecule has 4 nitrogen and oxygen atoms in total. The predicted octanol–water partition coefficient (Wildman–Crippen LogP) is 5.63. The quantitative estimate of drug-likeness (QED) is 0.286. The molecule has 1 aromatic carbocycles. The molecular weight excluding hydrogens is 316 g/mol. The van der Waals surface area contributed by atoms with E-state index in [1.165, 1.54) is 44.2 Å². The second-order valence-corrected chi connectivity index (χ2v) is 6.13. The molecular formula is C21H30O4. The van der Waals surface area contributed by atoms with Crippen molar-refractivity contribution in [1.82, 2.24) is 0 Å². The zero-order valence-electron chi connectivity index (χ0n) is 15.2. The van der Waals surface area contributed by atoms with Gasteiger partial charge in [0.25, 0.3) is 0 Å². The molecule has 0 fully saturated rings. The number of benzene rings is 1. The minimum absolute atomic E-state index is 0.0127. The molecule has 0 heterocycles. The number of allylic oxidation sites excluding steroid dienone is 2. The zero-order chi connectivity index (χ0) is 18.3. The monoisotopic (exact) mass is 346 g/mol. The lowest BCUT2D eigenvalue weighted by molar-refractivity contribution is 0.0487.